The van der Waals surface area contributed by atoms with Crippen molar-refractivity contribution in [3.8, 4) is 16.9 Å². The number of nitrogens with one attached hydrogen (secondary N) is 1. The molecule has 0 bridgehead atoms. The van der Waals surface area contributed by atoms with E-state index in [-0.39, 0.29) is 11.4 Å². The molecule has 0 fully saturated rings. The van der Waals surface area contributed by atoms with E-state index in [1.165, 1.54) is 0 Å². The summed E-state index contributed by atoms with van der Waals surface area (Å²) in [5.74, 6) is 0.782. The van der Waals surface area contributed by atoms with E-state index in [0.29, 0.717) is 0 Å². The van der Waals surface area contributed by atoms with E-state index < -0.39 is 10.0 Å². The highest BCUT2D eigenvalue weighted by molar-refractivity contribution is 7.89. The lowest BCUT2D eigenvalue weighted by molar-refractivity contribution is 0.415. The first kappa shape index (κ1) is 19.1. The van der Waals surface area contributed by atoms with Crippen LogP contribution in [0.4, 0.5) is 0 Å². The molecule has 1 heterocycles. The number of pyridine rings is 1. The minimum Gasteiger partial charge on any atom is -0.497 e. The highest BCUT2D eigenvalue weighted by atomic mass is 32.2. The lowest BCUT2D eigenvalue weighted by atomic mass is 9.96. The van der Waals surface area contributed by atoms with Gasteiger partial charge in [-0.15, -0.1) is 0 Å². The largest absolute Gasteiger partial charge is 0.497 e. The highest BCUT2D eigenvalue weighted by Crippen LogP contribution is 2.32. The van der Waals surface area contributed by atoms with E-state index in [1.807, 2.05) is 42.5 Å². The Bertz CT molecular complexity index is 1260. The molecule has 0 radical (unpaired) electrons. The molecule has 0 aliphatic carbocycles. The Labute approximate surface area is 170 Å². The van der Waals surface area contributed by atoms with Gasteiger partial charge in [0.2, 0.25) is 10.0 Å². The average molecular weight is 404 g/mol. The van der Waals surface area contributed by atoms with E-state index in [2.05, 4.69) is 9.71 Å². The fourth-order valence-electron chi connectivity index (χ4n) is 3.30. The number of aromatic nitrogens is 1. The van der Waals surface area contributed by atoms with Crippen LogP contribution in [0.3, 0.4) is 0 Å². The predicted molar refractivity (Wildman–Crippen MR) is 114 cm³/mol. The highest BCUT2D eigenvalue weighted by Gasteiger charge is 2.15. The average Bonchev–Trinajstić information content (AvgIpc) is 2.78. The first-order valence-electron chi connectivity index (χ1n) is 9.13. The van der Waals surface area contributed by atoms with Crippen molar-refractivity contribution in [1.82, 2.24) is 9.71 Å². The molecule has 4 rings (SSSR count). The SMILES string of the molecule is COc1cccc(-c2ccc(CNS(=O)(=O)c3ccccc3)c3cnccc23)c1. The summed E-state index contributed by atoms with van der Waals surface area (Å²) in [7, 11) is -1.94. The zero-order chi connectivity index (χ0) is 20.3. The van der Waals surface area contributed by atoms with Gasteiger partial charge in [0.05, 0.1) is 12.0 Å². The van der Waals surface area contributed by atoms with Crippen molar-refractivity contribution in [2.45, 2.75) is 11.4 Å². The molecule has 0 aliphatic heterocycles. The Morgan fingerprint density at radius 1 is 0.931 bits per heavy atom. The summed E-state index contributed by atoms with van der Waals surface area (Å²) < 4.78 is 33.1. The van der Waals surface area contributed by atoms with Crippen molar-refractivity contribution in [3.05, 3.63) is 90.8 Å². The number of ether oxygens (including phenoxy) is 1. The zero-order valence-corrected chi connectivity index (χ0v) is 16.7. The van der Waals surface area contributed by atoms with Crippen LogP contribution in [0.1, 0.15) is 5.56 Å². The number of hydrogen-bond acceptors (Lipinski definition) is 4. The first-order chi connectivity index (χ1) is 14.1. The second-order valence-electron chi connectivity index (χ2n) is 6.56. The van der Waals surface area contributed by atoms with Gasteiger partial charge >= 0.3 is 0 Å². The van der Waals surface area contributed by atoms with E-state index in [4.69, 9.17) is 4.74 Å². The van der Waals surface area contributed by atoms with Crippen LogP contribution in [0, 0.1) is 0 Å². The van der Waals surface area contributed by atoms with Crippen LogP contribution in [0.15, 0.2) is 90.1 Å². The number of benzene rings is 3. The zero-order valence-electron chi connectivity index (χ0n) is 15.9. The molecule has 5 nitrogen and oxygen atoms in total. The first-order valence-corrected chi connectivity index (χ1v) is 10.6. The lowest BCUT2D eigenvalue weighted by Crippen LogP contribution is -2.23. The van der Waals surface area contributed by atoms with Crippen LogP contribution >= 0.6 is 0 Å². The third kappa shape index (κ3) is 3.99. The molecule has 4 aromatic rings. The normalized spacial score (nSPS) is 11.5. The summed E-state index contributed by atoms with van der Waals surface area (Å²) in [6.07, 6.45) is 3.51. The van der Waals surface area contributed by atoms with Crippen molar-refractivity contribution in [2.24, 2.45) is 0 Å². The van der Waals surface area contributed by atoms with Gasteiger partial charge in [0.25, 0.3) is 0 Å². The molecule has 6 heteroatoms. The number of nitrogens with zero attached hydrogens (tertiary/aromatic N) is 1. The molecule has 3 aromatic carbocycles. The van der Waals surface area contributed by atoms with Crippen LogP contribution in [0.25, 0.3) is 21.9 Å². The molecule has 0 aliphatic rings. The van der Waals surface area contributed by atoms with Crippen molar-refractivity contribution in [3.63, 3.8) is 0 Å². The Kier molecular flexibility index (Phi) is 5.29. The van der Waals surface area contributed by atoms with Crippen LogP contribution in [-0.4, -0.2) is 20.5 Å². The number of sulfonamides is 1. The minimum atomic E-state index is -3.59. The van der Waals surface area contributed by atoms with E-state index >= 15 is 0 Å². The summed E-state index contributed by atoms with van der Waals surface area (Å²) in [5, 5.41) is 1.91. The van der Waals surface area contributed by atoms with Gasteiger partial charge in [-0.25, -0.2) is 13.1 Å². The molecule has 1 aromatic heterocycles. The van der Waals surface area contributed by atoms with Crippen molar-refractivity contribution < 1.29 is 13.2 Å². The molecule has 0 unspecified atom stereocenters. The molecule has 146 valence electrons. The monoisotopic (exact) mass is 404 g/mol. The van der Waals surface area contributed by atoms with Crippen LogP contribution in [0.2, 0.25) is 0 Å². The lowest BCUT2D eigenvalue weighted by Gasteiger charge is -2.13. The maximum Gasteiger partial charge on any atom is 0.240 e. The molecule has 0 saturated carbocycles. The van der Waals surface area contributed by atoms with E-state index in [9.17, 15) is 8.42 Å². The number of rotatable bonds is 6. The Balaban J connectivity index is 1.70. The smallest absolute Gasteiger partial charge is 0.240 e. The van der Waals surface area contributed by atoms with Gasteiger partial charge in [-0.2, -0.15) is 0 Å². The van der Waals surface area contributed by atoms with E-state index in [0.717, 1.165) is 33.2 Å². The van der Waals surface area contributed by atoms with E-state index in [1.54, 1.807) is 49.8 Å². The Morgan fingerprint density at radius 2 is 1.76 bits per heavy atom. The summed E-state index contributed by atoms with van der Waals surface area (Å²) >= 11 is 0. The van der Waals surface area contributed by atoms with Crippen molar-refractivity contribution in [2.75, 3.05) is 7.11 Å². The summed E-state index contributed by atoms with van der Waals surface area (Å²) in [4.78, 5) is 4.49. The van der Waals surface area contributed by atoms with Crippen molar-refractivity contribution >= 4 is 20.8 Å². The van der Waals surface area contributed by atoms with Crippen molar-refractivity contribution in [1.29, 1.82) is 0 Å². The second kappa shape index (κ2) is 8.03. The molecule has 0 saturated heterocycles. The predicted octanol–water partition coefficient (Wildman–Crippen LogP) is 4.39. The summed E-state index contributed by atoms with van der Waals surface area (Å²) in [6, 6.07) is 22.1. The number of fused-ring (bicyclic) bond motifs is 1. The van der Waals surface area contributed by atoms with Gasteiger partial charge in [-0.3, -0.25) is 4.98 Å². The van der Waals surface area contributed by atoms with Gasteiger partial charge < -0.3 is 4.74 Å². The Hall–Kier alpha value is -3.22. The van der Waals surface area contributed by atoms with Crippen LogP contribution in [0.5, 0.6) is 5.75 Å². The second-order valence-corrected chi connectivity index (χ2v) is 8.33. The molecular weight excluding hydrogens is 384 g/mol. The fraction of sp³-hybridized carbons (Fsp3) is 0.0870. The Morgan fingerprint density at radius 3 is 2.55 bits per heavy atom. The fourth-order valence-corrected chi connectivity index (χ4v) is 4.33. The topological polar surface area (TPSA) is 68.3 Å². The van der Waals surface area contributed by atoms with Gasteiger partial charge in [-0.05, 0) is 52.4 Å². The maximum absolute atomic E-state index is 12.6. The quantitative estimate of drug-likeness (QED) is 0.518. The molecule has 0 atom stereocenters. The third-order valence-corrected chi connectivity index (χ3v) is 6.21. The van der Waals surface area contributed by atoms with Crippen LogP contribution < -0.4 is 9.46 Å². The maximum atomic E-state index is 12.6. The minimum absolute atomic E-state index is 0.178. The number of hydrogen-bond donors (Lipinski definition) is 1. The van der Waals surface area contributed by atoms with Gasteiger partial charge in [0.1, 0.15) is 5.75 Å². The van der Waals surface area contributed by atoms with Gasteiger partial charge in [0, 0.05) is 24.3 Å². The molecule has 0 spiro atoms. The molecule has 29 heavy (non-hydrogen) atoms. The van der Waals surface area contributed by atoms with Gasteiger partial charge in [0.15, 0.2) is 0 Å². The molecule has 1 N–H and O–H groups in total. The van der Waals surface area contributed by atoms with Crippen LogP contribution in [-0.2, 0) is 16.6 Å². The third-order valence-electron chi connectivity index (χ3n) is 4.80. The molecular formula is C23H20N2O3S. The summed E-state index contributed by atoms with van der Waals surface area (Å²) in [5.41, 5.74) is 2.92. The number of methoxy groups -OCH3 is 1. The molecule has 0 amide bonds. The van der Waals surface area contributed by atoms with Gasteiger partial charge in [-0.1, -0.05) is 42.5 Å². The summed E-state index contributed by atoms with van der Waals surface area (Å²) in [6.45, 7) is 0.178. The standard InChI is InChI=1S/C23H20N2O3S/c1-28-19-7-5-6-17(14-19)21-11-10-18(23-16-24-13-12-22(21)23)15-25-29(26,27)20-8-3-2-4-9-20/h2-14,16,25H,15H2,1H3.